The second kappa shape index (κ2) is 9.88. The van der Waals surface area contributed by atoms with E-state index in [1.54, 1.807) is 49.4 Å². The molecule has 0 radical (unpaired) electrons. The Morgan fingerprint density at radius 1 is 1.06 bits per heavy atom. The summed E-state index contributed by atoms with van der Waals surface area (Å²) in [5, 5.41) is 0. The standard InChI is InChI=1S/C24H25N3O6S/c1-17-14-21(23(28)16-33-24(29)22-8-3-4-9-25-22)18(2)27(17)19-6-5-7-20(15-19)34(30,31)26-10-12-32-13-11-26/h3-9,14-15H,10-13,16H2,1-2H3. The van der Waals surface area contributed by atoms with Crippen LogP contribution in [0.4, 0.5) is 0 Å². The van der Waals surface area contributed by atoms with E-state index in [1.165, 1.54) is 16.6 Å². The quantitative estimate of drug-likeness (QED) is 0.375. The number of aryl methyl sites for hydroxylation is 1. The summed E-state index contributed by atoms with van der Waals surface area (Å²) in [7, 11) is -3.66. The summed E-state index contributed by atoms with van der Waals surface area (Å²) >= 11 is 0. The third-order valence-electron chi connectivity index (χ3n) is 5.62. The van der Waals surface area contributed by atoms with Crippen molar-refractivity contribution >= 4 is 21.8 Å². The predicted molar refractivity (Wildman–Crippen MR) is 124 cm³/mol. The highest BCUT2D eigenvalue weighted by Gasteiger charge is 2.27. The summed E-state index contributed by atoms with van der Waals surface area (Å²) in [6.07, 6.45) is 1.47. The van der Waals surface area contributed by atoms with Gasteiger partial charge >= 0.3 is 5.97 Å². The lowest BCUT2D eigenvalue weighted by molar-refractivity contribution is 0.0468. The number of hydrogen-bond donors (Lipinski definition) is 0. The van der Waals surface area contributed by atoms with Gasteiger partial charge in [-0.3, -0.25) is 4.79 Å². The van der Waals surface area contributed by atoms with E-state index in [0.29, 0.717) is 43.2 Å². The van der Waals surface area contributed by atoms with Gasteiger partial charge in [-0.05, 0) is 50.2 Å². The maximum atomic E-state index is 13.1. The van der Waals surface area contributed by atoms with Crippen molar-refractivity contribution in [3.8, 4) is 5.69 Å². The Labute approximate surface area is 198 Å². The first-order valence-corrected chi connectivity index (χ1v) is 12.2. The number of pyridine rings is 1. The number of benzene rings is 1. The smallest absolute Gasteiger partial charge is 0.357 e. The Hall–Kier alpha value is -3.34. The zero-order chi connectivity index (χ0) is 24.3. The first-order chi connectivity index (χ1) is 16.3. The normalized spacial score (nSPS) is 14.6. The van der Waals surface area contributed by atoms with Gasteiger partial charge in [-0.2, -0.15) is 4.31 Å². The van der Waals surface area contributed by atoms with Crippen LogP contribution in [-0.2, 0) is 19.5 Å². The van der Waals surface area contributed by atoms with E-state index in [2.05, 4.69) is 4.98 Å². The van der Waals surface area contributed by atoms with Crippen LogP contribution < -0.4 is 0 Å². The van der Waals surface area contributed by atoms with E-state index in [0.717, 1.165) is 5.69 Å². The van der Waals surface area contributed by atoms with Crippen molar-refractivity contribution in [2.75, 3.05) is 32.9 Å². The van der Waals surface area contributed by atoms with Gasteiger partial charge in [0, 0.05) is 41.9 Å². The summed E-state index contributed by atoms with van der Waals surface area (Å²) in [5.41, 5.74) is 2.51. The van der Waals surface area contributed by atoms with Gasteiger partial charge in [0.05, 0.1) is 18.1 Å². The van der Waals surface area contributed by atoms with E-state index < -0.39 is 22.6 Å². The molecule has 0 bridgehead atoms. The van der Waals surface area contributed by atoms with E-state index >= 15 is 0 Å². The number of hydrogen-bond acceptors (Lipinski definition) is 7. The number of morpholine rings is 1. The molecule has 0 amide bonds. The lowest BCUT2D eigenvalue weighted by Gasteiger charge is -2.26. The third kappa shape index (κ3) is 4.79. The number of carbonyl (C=O) groups is 2. The first kappa shape index (κ1) is 23.8. The van der Waals surface area contributed by atoms with Gasteiger partial charge in [-0.15, -0.1) is 0 Å². The Balaban J connectivity index is 1.56. The number of sulfonamides is 1. The number of ketones is 1. The second-order valence-electron chi connectivity index (χ2n) is 7.85. The van der Waals surface area contributed by atoms with Crippen LogP contribution in [0.15, 0.2) is 59.6 Å². The highest BCUT2D eigenvalue weighted by atomic mass is 32.2. The summed E-state index contributed by atoms with van der Waals surface area (Å²) in [4.78, 5) is 29.0. The minimum Gasteiger partial charge on any atom is -0.453 e. The Bertz CT molecular complexity index is 1310. The van der Waals surface area contributed by atoms with E-state index in [4.69, 9.17) is 9.47 Å². The summed E-state index contributed by atoms with van der Waals surface area (Å²) in [6, 6.07) is 13.2. The molecule has 1 saturated heterocycles. The minimum absolute atomic E-state index is 0.124. The maximum Gasteiger partial charge on any atom is 0.357 e. The zero-order valence-corrected chi connectivity index (χ0v) is 19.7. The van der Waals surface area contributed by atoms with Gasteiger partial charge in [0.25, 0.3) is 0 Å². The molecule has 1 fully saturated rings. The van der Waals surface area contributed by atoms with Crippen LogP contribution in [0.3, 0.4) is 0 Å². The molecule has 3 aromatic rings. The molecule has 4 rings (SSSR count). The maximum absolute atomic E-state index is 13.1. The summed E-state index contributed by atoms with van der Waals surface area (Å²) in [5.74, 6) is -1.04. The van der Waals surface area contributed by atoms with Gasteiger partial charge < -0.3 is 14.0 Å². The predicted octanol–water partition coefficient (Wildman–Crippen LogP) is 2.55. The topological polar surface area (TPSA) is 108 Å². The van der Waals surface area contributed by atoms with Crippen LogP contribution in [0.25, 0.3) is 5.69 Å². The van der Waals surface area contributed by atoms with E-state index in [-0.39, 0.29) is 16.4 Å². The lowest BCUT2D eigenvalue weighted by atomic mass is 10.1. The molecule has 0 atom stereocenters. The van der Waals surface area contributed by atoms with Crippen LogP contribution in [0.5, 0.6) is 0 Å². The molecule has 0 saturated carbocycles. The number of Topliss-reactive ketones (excluding diaryl/α,β-unsaturated/α-hetero) is 1. The molecule has 1 aromatic carbocycles. The molecule has 10 heteroatoms. The van der Waals surface area contributed by atoms with Gasteiger partial charge in [-0.25, -0.2) is 18.2 Å². The SMILES string of the molecule is Cc1cc(C(=O)COC(=O)c2ccccn2)c(C)n1-c1cccc(S(=O)(=O)N2CCOCC2)c1. The van der Waals surface area contributed by atoms with Crippen molar-refractivity contribution in [1.29, 1.82) is 0 Å². The monoisotopic (exact) mass is 483 g/mol. The highest BCUT2D eigenvalue weighted by molar-refractivity contribution is 7.89. The van der Waals surface area contributed by atoms with Crippen molar-refractivity contribution in [2.45, 2.75) is 18.7 Å². The van der Waals surface area contributed by atoms with E-state index in [1.807, 2.05) is 11.5 Å². The van der Waals surface area contributed by atoms with Crippen LogP contribution in [0.2, 0.25) is 0 Å². The molecule has 9 nitrogen and oxygen atoms in total. The number of esters is 1. The van der Waals surface area contributed by atoms with Crippen LogP contribution >= 0.6 is 0 Å². The van der Waals surface area contributed by atoms with Gasteiger partial charge in [0.1, 0.15) is 5.69 Å². The number of nitrogens with zero attached hydrogens (tertiary/aromatic N) is 3. The fraction of sp³-hybridized carbons (Fsp3) is 0.292. The van der Waals surface area contributed by atoms with Crippen molar-refractivity contribution in [1.82, 2.24) is 13.9 Å². The molecule has 0 N–H and O–H groups in total. The summed E-state index contributed by atoms with van der Waals surface area (Å²) in [6.45, 7) is 4.52. The second-order valence-corrected chi connectivity index (χ2v) is 9.79. The molecule has 178 valence electrons. The fourth-order valence-corrected chi connectivity index (χ4v) is 5.38. The molecule has 3 heterocycles. The zero-order valence-electron chi connectivity index (χ0n) is 18.9. The molecule has 0 aliphatic carbocycles. The Kier molecular flexibility index (Phi) is 6.92. The number of ether oxygens (including phenoxy) is 2. The van der Waals surface area contributed by atoms with Crippen LogP contribution in [0.1, 0.15) is 32.2 Å². The van der Waals surface area contributed by atoms with E-state index in [9.17, 15) is 18.0 Å². The lowest BCUT2D eigenvalue weighted by Crippen LogP contribution is -2.40. The summed E-state index contributed by atoms with van der Waals surface area (Å²) < 4.78 is 39.8. The average Bonchev–Trinajstić information content (AvgIpc) is 3.17. The van der Waals surface area contributed by atoms with Crippen molar-refractivity contribution in [2.24, 2.45) is 0 Å². The average molecular weight is 484 g/mol. The van der Waals surface area contributed by atoms with Crippen molar-refractivity contribution in [3.05, 3.63) is 77.4 Å². The van der Waals surface area contributed by atoms with Gasteiger partial charge in [-0.1, -0.05) is 12.1 Å². The van der Waals surface area contributed by atoms with Crippen LogP contribution in [-0.4, -0.2) is 66.9 Å². The molecule has 2 aromatic heterocycles. The molecule has 1 aliphatic rings. The molecular weight excluding hydrogens is 458 g/mol. The molecular formula is C24H25N3O6S. The Morgan fingerprint density at radius 3 is 2.53 bits per heavy atom. The van der Waals surface area contributed by atoms with Crippen molar-refractivity contribution < 1.29 is 27.5 Å². The van der Waals surface area contributed by atoms with Gasteiger partial charge in [0.2, 0.25) is 15.8 Å². The highest BCUT2D eigenvalue weighted by Crippen LogP contribution is 2.25. The molecule has 34 heavy (non-hydrogen) atoms. The number of rotatable bonds is 7. The van der Waals surface area contributed by atoms with Crippen molar-refractivity contribution in [3.63, 3.8) is 0 Å². The number of aromatic nitrogens is 2. The fourth-order valence-electron chi connectivity index (χ4n) is 3.93. The molecule has 0 spiro atoms. The first-order valence-electron chi connectivity index (χ1n) is 10.8. The minimum atomic E-state index is -3.66. The number of carbonyl (C=O) groups excluding carboxylic acids is 2. The Morgan fingerprint density at radius 2 is 1.82 bits per heavy atom. The third-order valence-corrected chi connectivity index (χ3v) is 7.52. The molecule has 1 aliphatic heterocycles. The molecule has 0 unspecified atom stereocenters. The van der Waals surface area contributed by atoms with Gasteiger partial charge in [0.15, 0.2) is 6.61 Å². The van der Waals surface area contributed by atoms with Crippen LogP contribution in [0, 0.1) is 13.8 Å². The largest absolute Gasteiger partial charge is 0.453 e.